The number of carbonyl (C=O) groups excluding carboxylic acids is 1. The molecule has 2 unspecified atom stereocenters. The quantitative estimate of drug-likeness (QED) is 0.886. The minimum absolute atomic E-state index is 0.377. The van der Waals surface area contributed by atoms with Gasteiger partial charge in [-0.05, 0) is 18.1 Å². The fourth-order valence-corrected chi connectivity index (χ4v) is 2.90. The third-order valence-electron chi connectivity index (χ3n) is 4.04. The maximum Gasteiger partial charge on any atom is 0.227 e. The van der Waals surface area contributed by atoms with Crippen molar-refractivity contribution in [2.45, 2.75) is 12.5 Å². The van der Waals surface area contributed by atoms with E-state index in [9.17, 15) is 4.79 Å². The van der Waals surface area contributed by atoms with Crippen LogP contribution in [0.2, 0.25) is 0 Å². The van der Waals surface area contributed by atoms with Crippen LogP contribution in [0.25, 0.3) is 5.57 Å². The third kappa shape index (κ3) is 2.11. The fraction of sp³-hybridized carbons (Fsp3) is 0.188. The average Bonchev–Trinajstić information content (AvgIpc) is 3.03. The molecule has 1 aromatic carbocycles. The standard InChI is InChI=1S/C16H17N3O2/c1-16(19-10-11-21-18-19)13(12-6-3-2-4-7-12)8-5-9-14(16)15(17)20/h2-11,14,18H,1H3,(H2,17,20). The molecule has 0 bridgehead atoms. The molecule has 0 fully saturated rings. The molecule has 0 saturated carbocycles. The maximum atomic E-state index is 11.9. The molecule has 1 amide bonds. The first-order chi connectivity index (χ1) is 10.1. The normalized spacial score (nSPS) is 27.4. The maximum absolute atomic E-state index is 11.9. The minimum atomic E-state index is -0.672. The molecule has 108 valence electrons. The Balaban J connectivity index is 2.12. The van der Waals surface area contributed by atoms with Crippen LogP contribution in [0.3, 0.4) is 0 Å². The molecule has 1 heterocycles. The van der Waals surface area contributed by atoms with Crippen LogP contribution in [0.15, 0.2) is 61.0 Å². The Hall–Kier alpha value is -2.53. The summed E-state index contributed by atoms with van der Waals surface area (Å²) in [5.74, 6) is -0.853. The Morgan fingerprint density at radius 3 is 2.76 bits per heavy atom. The molecule has 0 spiro atoms. The van der Waals surface area contributed by atoms with Gasteiger partial charge in [-0.1, -0.05) is 54.1 Å². The van der Waals surface area contributed by atoms with Gasteiger partial charge in [0, 0.05) is 0 Å². The van der Waals surface area contributed by atoms with Crippen molar-refractivity contribution in [2.24, 2.45) is 11.7 Å². The Labute approximate surface area is 123 Å². The number of nitrogens with two attached hydrogens (primary N) is 1. The van der Waals surface area contributed by atoms with Crippen molar-refractivity contribution in [2.75, 3.05) is 0 Å². The van der Waals surface area contributed by atoms with Gasteiger partial charge < -0.3 is 10.6 Å². The first kappa shape index (κ1) is 13.5. The summed E-state index contributed by atoms with van der Waals surface area (Å²) in [6.45, 7) is 1.97. The second kappa shape index (κ2) is 5.10. The first-order valence-corrected chi connectivity index (χ1v) is 6.75. The van der Waals surface area contributed by atoms with Crippen molar-refractivity contribution in [3.8, 4) is 0 Å². The number of hydrogen-bond acceptors (Lipinski definition) is 4. The van der Waals surface area contributed by atoms with Gasteiger partial charge in [-0.2, -0.15) is 0 Å². The number of hydrazine groups is 1. The second-order valence-electron chi connectivity index (χ2n) is 5.22. The highest BCUT2D eigenvalue weighted by Gasteiger charge is 2.46. The van der Waals surface area contributed by atoms with Crippen molar-refractivity contribution in [1.29, 1.82) is 0 Å². The number of amides is 1. The Morgan fingerprint density at radius 1 is 1.38 bits per heavy atom. The minimum Gasteiger partial charge on any atom is -0.395 e. The number of hydrogen-bond donors (Lipinski definition) is 2. The van der Waals surface area contributed by atoms with Gasteiger partial charge in [-0.15, -0.1) is 0 Å². The summed E-state index contributed by atoms with van der Waals surface area (Å²) in [7, 11) is 0. The van der Waals surface area contributed by atoms with Gasteiger partial charge in [0.2, 0.25) is 5.91 Å². The zero-order valence-corrected chi connectivity index (χ0v) is 11.7. The van der Waals surface area contributed by atoms with Gasteiger partial charge in [0.05, 0.1) is 17.7 Å². The number of nitrogens with zero attached hydrogens (tertiary/aromatic N) is 1. The summed E-state index contributed by atoms with van der Waals surface area (Å²) in [6, 6.07) is 9.93. The summed E-state index contributed by atoms with van der Waals surface area (Å²) in [6.07, 6.45) is 8.99. The fourth-order valence-electron chi connectivity index (χ4n) is 2.90. The third-order valence-corrected chi connectivity index (χ3v) is 4.04. The second-order valence-corrected chi connectivity index (χ2v) is 5.22. The van der Waals surface area contributed by atoms with Gasteiger partial charge in [0.15, 0.2) is 0 Å². The molecular weight excluding hydrogens is 266 g/mol. The van der Waals surface area contributed by atoms with Gasteiger partial charge >= 0.3 is 0 Å². The lowest BCUT2D eigenvalue weighted by Crippen LogP contribution is -2.57. The highest BCUT2D eigenvalue weighted by Crippen LogP contribution is 2.41. The predicted molar refractivity (Wildman–Crippen MR) is 79.8 cm³/mol. The number of nitrogens with one attached hydrogen (secondary N) is 1. The summed E-state index contributed by atoms with van der Waals surface area (Å²) in [5, 5.41) is 1.77. The summed E-state index contributed by atoms with van der Waals surface area (Å²) in [4.78, 5) is 17.0. The lowest BCUT2D eigenvalue weighted by Gasteiger charge is -2.44. The molecule has 3 N–H and O–H groups in total. The van der Waals surface area contributed by atoms with E-state index >= 15 is 0 Å². The number of allylic oxidation sites excluding steroid dienone is 2. The van der Waals surface area contributed by atoms with Gasteiger partial charge in [0.25, 0.3) is 0 Å². The largest absolute Gasteiger partial charge is 0.395 e. The highest BCUT2D eigenvalue weighted by molar-refractivity contribution is 5.88. The zero-order chi connectivity index (χ0) is 14.9. The zero-order valence-electron chi connectivity index (χ0n) is 11.7. The van der Waals surface area contributed by atoms with E-state index < -0.39 is 11.5 Å². The Bertz CT molecular complexity index is 636. The van der Waals surface area contributed by atoms with Crippen LogP contribution in [0.4, 0.5) is 0 Å². The molecule has 3 rings (SSSR count). The van der Waals surface area contributed by atoms with E-state index in [1.165, 1.54) is 6.26 Å². The molecule has 2 aliphatic rings. The summed E-state index contributed by atoms with van der Waals surface area (Å²) < 4.78 is 0. The van der Waals surface area contributed by atoms with Crippen LogP contribution in [-0.4, -0.2) is 16.5 Å². The van der Waals surface area contributed by atoms with Crippen LogP contribution in [0.5, 0.6) is 0 Å². The topological polar surface area (TPSA) is 67.6 Å². The van der Waals surface area contributed by atoms with Crippen LogP contribution in [-0.2, 0) is 9.63 Å². The first-order valence-electron chi connectivity index (χ1n) is 6.75. The number of carbonyl (C=O) groups is 1. The predicted octanol–water partition coefficient (Wildman–Crippen LogP) is 1.72. The molecular formula is C16H17N3O2. The average molecular weight is 283 g/mol. The molecule has 1 aromatic rings. The number of rotatable bonds is 3. The van der Waals surface area contributed by atoms with Crippen LogP contribution >= 0.6 is 0 Å². The lowest BCUT2D eigenvalue weighted by atomic mass is 9.72. The monoisotopic (exact) mass is 283 g/mol. The van der Waals surface area contributed by atoms with Gasteiger partial charge in [-0.3, -0.25) is 9.80 Å². The van der Waals surface area contributed by atoms with E-state index in [-0.39, 0.29) is 5.91 Å². The molecule has 1 aliphatic heterocycles. The number of benzene rings is 1. The van der Waals surface area contributed by atoms with Crippen molar-refractivity contribution < 1.29 is 9.63 Å². The van der Waals surface area contributed by atoms with Crippen molar-refractivity contribution in [3.05, 3.63) is 66.6 Å². The molecule has 0 radical (unpaired) electrons. The summed E-state index contributed by atoms with van der Waals surface area (Å²) >= 11 is 0. The summed E-state index contributed by atoms with van der Waals surface area (Å²) in [5.41, 5.74) is 9.77. The molecule has 0 saturated heterocycles. The van der Waals surface area contributed by atoms with Crippen molar-refractivity contribution >= 4 is 11.5 Å². The van der Waals surface area contributed by atoms with Crippen LogP contribution in [0, 0.1) is 5.92 Å². The molecule has 1 aliphatic carbocycles. The smallest absolute Gasteiger partial charge is 0.227 e. The van der Waals surface area contributed by atoms with Crippen molar-refractivity contribution in [1.82, 2.24) is 10.6 Å². The highest BCUT2D eigenvalue weighted by atomic mass is 16.7. The van der Waals surface area contributed by atoms with Crippen LogP contribution < -0.4 is 11.3 Å². The van der Waals surface area contributed by atoms with E-state index in [4.69, 9.17) is 10.6 Å². The number of primary amides is 1. The van der Waals surface area contributed by atoms with E-state index in [2.05, 4.69) is 5.59 Å². The van der Waals surface area contributed by atoms with E-state index in [1.807, 2.05) is 55.5 Å². The molecule has 0 aromatic heterocycles. The molecule has 5 heteroatoms. The van der Waals surface area contributed by atoms with E-state index in [0.717, 1.165) is 11.1 Å². The van der Waals surface area contributed by atoms with E-state index in [0.29, 0.717) is 0 Å². The Kier molecular flexibility index (Phi) is 3.27. The SMILES string of the molecule is CC1(N2C=CON2)C(c2ccccc2)=CC=CC1C(N)=O. The van der Waals surface area contributed by atoms with Gasteiger partial charge in [0.1, 0.15) is 6.26 Å². The van der Waals surface area contributed by atoms with Gasteiger partial charge in [-0.25, -0.2) is 0 Å². The van der Waals surface area contributed by atoms with E-state index in [1.54, 1.807) is 11.2 Å². The lowest BCUT2D eigenvalue weighted by molar-refractivity contribution is -0.124. The Morgan fingerprint density at radius 2 is 2.14 bits per heavy atom. The van der Waals surface area contributed by atoms with Crippen molar-refractivity contribution in [3.63, 3.8) is 0 Å². The van der Waals surface area contributed by atoms with Crippen LogP contribution in [0.1, 0.15) is 12.5 Å². The molecule has 21 heavy (non-hydrogen) atoms. The molecule has 2 atom stereocenters. The molecule has 5 nitrogen and oxygen atoms in total.